The zero-order valence-electron chi connectivity index (χ0n) is 11.1. The van der Waals surface area contributed by atoms with E-state index in [1.165, 1.54) is 19.3 Å². The summed E-state index contributed by atoms with van der Waals surface area (Å²) in [6.07, 6.45) is 6.44. The molecule has 2 rings (SSSR count). The Morgan fingerprint density at radius 3 is 2.83 bits per heavy atom. The fourth-order valence-electron chi connectivity index (χ4n) is 2.17. The van der Waals surface area contributed by atoms with E-state index >= 15 is 0 Å². The van der Waals surface area contributed by atoms with Crippen molar-refractivity contribution < 1.29 is 0 Å². The number of aromatic nitrogens is 2. The molecule has 1 aromatic rings. The SMILES string of the molecule is CC(N)CCNc1cc(N2CCCCC2)ncn1. The van der Waals surface area contributed by atoms with Gasteiger partial charge in [0.1, 0.15) is 18.0 Å². The van der Waals surface area contributed by atoms with Gasteiger partial charge < -0.3 is 16.0 Å². The summed E-state index contributed by atoms with van der Waals surface area (Å²) >= 11 is 0. The molecule has 18 heavy (non-hydrogen) atoms. The summed E-state index contributed by atoms with van der Waals surface area (Å²) in [4.78, 5) is 10.9. The van der Waals surface area contributed by atoms with Crippen LogP contribution >= 0.6 is 0 Å². The van der Waals surface area contributed by atoms with Crippen LogP contribution in [0.15, 0.2) is 12.4 Å². The number of nitrogens with one attached hydrogen (secondary N) is 1. The highest BCUT2D eigenvalue weighted by Gasteiger charge is 2.12. The lowest BCUT2D eigenvalue weighted by atomic mass is 10.1. The van der Waals surface area contributed by atoms with Gasteiger partial charge in [-0.2, -0.15) is 0 Å². The van der Waals surface area contributed by atoms with Gasteiger partial charge in [0.2, 0.25) is 0 Å². The summed E-state index contributed by atoms with van der Waals surface area (Å²) in [5, 5.41) is 3.30. The van der Waals surface area contributed by atoms with Gasteiger partial charge in [0.05, 0.1) is 0 Å². The van der Waals surface area contributed by atoms with Crippen LogP contribution in [0.1, 0.15) is 32.6 Å². The van der Waals surface area contributed by atoms with Crippen LogP contribution in [0.4, 0.5) is 11.6 Å². The van der Waals surface area contributed by atoms with Gasteiger partial charge in [-0.05, 0) is 32.6 Å². The zero-order valence-corrected chi connectivity index (χ0v) is 11.1. The van der Waals surface area contributed by atoms with Crippen molar-refractivity contribution in [2.75, 3.05) is 29.9 Å². The lowest BCUT2D eigenvalue weighted by Gasteiger charge is -2.27. The zero-order chi connectivity index (χ0) is 12.8. The van der Waals surface area contributed by atoms with Crippen molar-refractivity contribution in [2.24, 2.45) is 5.73 Å². The van der Waals surface area contributed by atoms with Gasteiger partial charge in [-0.15, -0.1) is 0 Å². The van der Waals surface area contributed by atoms with E-state index in [1.54, 1.807) is 6.33 Å². The molecule has 2 heterocycles. The maximum Gasteiger partial charge on any atom is 0.134 e. The predicted molar refractivity (Wildman–Crippen MR) is 74.9 cm³/mol. The van der Waals surface area contributed by atoms with Gasteiger partial charge in [0.15, 0.2) is 0 Å². The molecule has 0 amide bonds. The van der Waals surface area contributed by atoms with E-state index in [1.807, 2.05) is 13.0 Å². The molecule has 1 atom stereocenters. The summed E-state index contributed by atoms with van der Waals surface area (Å²) in [5.74, 6) is 1.93. The highest BCUT2D eigenvalue weighted by Crippen LogP contribution is 2.18. The van der Waals surface area contributed by atoms with Gasteiger partial charge >= 0.3 is 0 Å². The highest BCUT2D eigenvalue weighted by molar-refractivity contribution is 5.48. The second-order valence-corrected chi connectivity index (χ2v) is 5.00. The van der Waals surface area contributed by atoms with E-state index in [-0.39, 0.29) is 6.04 Å². The fraction of sp³-hybridized carbons (Fsp3) is 0.692. The van der Waals surface area contributed by atoms with Crippen LogP contribution in [0.25, 0.3) is 0 Å². The Morgan fingerprint density at radius 1 is 1.33 bits per heavy atom. The number of piperidine rings is 1. The highest BCUT2D eigenvalue weighted by atomic mass is 15.2. The van der Waals surface area contributed by atoms with Crippen molar-refractivity contribution in [1.29, 1.82) is 0 Å². The Hall–Kier alpha value is -1.36. The molecule has 0 aromatic carbocycles. The molecule has 0 bridgehead atoms. The smallest absolute Gasteiger partial charge is 0.134 e. The first-order chi connectivity index (χ1) is 8.75. The average molecular weight is 249 g/mol. The molecule has 1 unspecified atom stereocenters. The number of hydrogen-bond donors (Lipinski definition) is 2. The predicted octanol–water partition coefficient (Wildman–Crippen LogP) is 1.62. The van der Waals surface area contributed by atoms with Crippen LogP contribution in [0, 0.1) is 0 Å². The summed E-state index contributed by atoms with van der Waals surface area (Å²) in [6.45, 7) is 5.08. The molecular weight excluding hydrogens is 226 g/mol. The molecule has 3 N–H and O–H groups in total. The summed E-state index contributed by atoms with van der Waals surface area (Å²) in [7, 11) is 0. The summed E-state index contributed by atoms with van der Waals surface area (Å²) in [5.41, 5.74) is 5.72. The minimum absolute atomic E-state index is 0.223. The molecule has 0 spiro atoms. The van der Waals surface area contributed by atoms with Gasteiger partial charge in [-0.3, -0.25) is 0 Å². The van der Waals surface area contributed by atoms with Crippen molar-refractivity contribution >= 4 is 11.6 Å². The Morgan fingerprint density at radius 2 is 2.11 bits per heavy atom. The van der Waals surface area contributed by atoms with Crippen LogP contribution in [0.2, 0.25) is 0 Å². The number of rotatable bonds is 5. The van der Waals surface area contributed by atoms with Crippen molar-refractivity contribution in [3.63, 3.8) is 0 Å². The molecule has 1 fully saturated rings. The summed E-state index contributed by atoms with van der Waals surface area (Å²) < 4.78 is 0. The first-order valence-corrected chi connectivity index (χ1v) is 6.82. The van der Waals surface area contributed by atoms with Crippen LogP contribution in [0.5, 0.6) is 0 Å². The second kappa shape index (κ2) is 6.54. The molecule has 0 radical (unpaired) electrons. The maximum atomic E-state index is 5.72. The lowest BCUT2D eigenvalue weighted by molar-refractivity contribution is 0.573. The second-order valence-electron chi connectivity index (χ2n) is 5.00. The molecule has 1 saturated heterocycles. The van der Waals surface area contributed by atoms with Crippen LogP contribution in [-0.4, -0.2) is 35.6 Å². The molecule has 0 saturated carbocycles. The third-order valence-electron chi connectivity index (χ3n) is 3.24. The first kappa shape index (κ1) is 13.1. The number of anilines is 2. The monoisotopic (exact) mass is 249 g/mol. The molecule has 1 aliphatic rings. The van der Waals surface area contributed by atoms with Gasteiger partial charge in [0, 0.05) is 31.7 Å². The normalized spacial score (nSPS) is 17.6. The number of nitrogens with two attached hydrogens (primary N) is 1. The Bertz CT molecular complexity index is 360. The fourth-order valence-corrected chi connectivity index (χ4v) is 2.17. The van der Waals surface area contributed by atoms with Crippen molar-refractivity contribution in [1.82, 2.24) is 9.97 Å². The average Bonchev–Trinajstić information content (AvgIpc) is 2.40. The van der Waals surface area contributed by atoms with Gasteiger partial charge in [-0.25, -0.2) is 9.97 Å². The topological polar surface area (TPSA) is 67.1 Å². The first-order valence-electron chi connectivity index (χ1n) is 6.82. The molecule has 1 aromatic heterocycles. The van der Waals surface area contributed by atoms with Gasteiger partial charge in [0.25, 0.3) is 0 Å². The Kier molecular flexibility index (Phi) is 4.75. The minimum Gasteiger partial charge on any atom is -0.370 e. The lowest BCUT2D eigenvalue weighted by Crippen LogP contribution is -2.30. The largest absolute Gasteiger partial charge is 0.370 e. The Labute approximate surface area is 109 Å². The quantitative estimate of drug-likeness (QED) is 0.830. The Balaban J connectivity index is 1.91. The van der Waals surface area contributed by atoms with Crippen LogP contribution in [-0.2, 0) is 0 Å². The standard InChI is InChI=1S/C13H23N5/c1-11(14)5-6-15-12-9-13(17-10-16-12)18-7-3-2-4-8-18/h9-11H,2-8,14H2,1H3,(H,15,16,17). The molecular formula is C13H23N5. The molecule has 0 aliphatic carbocycles. The van der Waals surface area contributed by atoms with E-state index < -0.39 is 0 Å². The van der Waals surface area contributed by atoms with E-state index in [0.717, 1.165) is 37.7 Å². The summed E-state index contributed by atoms with van der Waals surface area (Å²) in [6, 6.07) is 2.26. The molecule has 1 aliphatic heterocycles. The van der Waals surface area contributed by atoms with E-state index in [9.17, 15) is 0 Å². The van der Waals surface area contributed by atoms with E-state index in [4.69, 9.17) is 5.73 Å². The molecule has 5 nitrogen and oxygen atoms in total. The van der Waals surface area contributed by atoms with Crippen molar-refractivity contribution in [2.45, 2.75) is 38.6 Å². The third kappa shape index (κ3) is 3.84. The molecule has 5 heteroatoms. The van der Waals surface area contributed by atoms with Crippen LogP contribution in [0.3, 0.4) is 0 Å². The number of nitrogens with zero attached hydrogens (tertiary/aromatic N) is 3. The minimum atomic E-state index is 0.223. The maximum absolute atomic E-state index is 5.72. The molecule has 100 valence electrons. The van der Waals surface area contributed by atoms with Crippen LogP contribution < -0.4 is 16.0 Å². The van der Waals surface area contributed by atoms with Gasteiger partial charge in [-0.1, -0.05) is 0 Å². The third-order valence-corrected chi connectivity index (χ3v) is 3.24. The van der Waals surface area contributed by atoms with Crippen molar-refractivity contribution in [3.8, 4) is 0 Å². The van der Waals surface area contributed by atoms with E-state index in [0.29, 0.717) is 0 Å². The van der Waals surface area contributed by atoms with E-state index in [2.05, 4.69) is 20.2 Å². The van der Waals surface area contributed by atoms with Crippen molar-refractivity contribution in [3.05, 3.63) is 12.4 Å². The number of hydrogen-bond acceptors (Lipinski definition) is 5.